The minimum absolute atomic E-state index is 0.0298. The van der Waals surface area contributed by atoms with Crippen LogP contribution in [0.25, 0.3) is 72.9 Å². The summed E-state index contributed by atoms with van der Waals surface area (Å²) in [5.41, 5.74) is 9.32. The fourth-order valence-corrected chi connectivity index (χ4v) is 6.23. The van der Waals surface area contributed by atoms with Crippen LogP contribution in [0.5, 0.6) is 0 Å². The van der Waals surface area contributed by atoms with Gasteiger partial charge in [0.15, 0.2) is 17.5 Å². The lowest BCUT2D eigenvalue weighted by atomic mass is 9.86. The van der Waals surface area contributed by atoms with Gasteiger partial charge in [-0.1, -0.05) is 118 Å². The number of benzene rings is 5. The van der Waals surface area contributed by atoms with Crippen LogP contribution in [0.15, 0.2) is 146 Å². The smallest absolute Gasteiger partial charge is 0.164 e. The summed E-state index contributed by atoms with van der Waals surface area (Å²) in [5, 5.41) is 2.44. The molecule has 8 aromatic rings. The lowest BCUT2D eigenvalue weighted by Gasteiger charge is -2.19. The maximum atomic E-state index is 5.04. The zero-order valence-corrected chi connectivity index (χ0v) is 26.6. The van der Waals surface area contributed by atoms with E-state index >= 15 is 0 Å². The summed E-state index contributed by atoms with van der Waals surface area (Å²) in [6, 6.07) is 48.2. The van der Waals surface area contributed by atoms with Gasteiger partial charge in [-0.15, -0.1) is 0 Å². The quantitative estimate of drug-likeness (QED) is 0.195. The third-order valence-corrected chi connectivity index (χ3v) is 8.68. The monoisotopic (exact) mass is 607 g/mol. The molecule has 0 bridgehead atoms. The molecule has 8 rings (SSSR count). The summed E-state index contributed by atoms with van der Waals surface area (Å²) in [6.07, 6.45) is 1.85. The molecule has 0 aliphatic heterocycles. The van der Waals surface area contributed by atoms with Crippen molar-refractivity contribution in [1.82, 2.24) is 24.5 Å². The molecule has 5 nitrogen and oxygen atoms in total. The third kappa shape index (κ3) is 5.26. The lowest BCUT2D eigenvalue weighted by Crippen LogP contribution is -2.10. The number of rotatable bonds is 5. The van der Waals surface area contributed by atoms with Crippen LogP contribution in [0.1, 0.15) is 26.3 Å². The third-order valence-electron chi connectivity index (χ3n) is 8.68. The maximum absolute atomic E-state index is 5.04. The normalized spacial score (nSPS) is 11.7. The van der Waals surface area contributed by atoms with E-state index in [-0.39, 0.29) is 5.41 Å². The van der Waals surface area contributed by atoms with Gasteiger partial charge in [0.2, 0.25) is 0 Å². The Kier molecular flexibility index (Phi) is 6.95. The van der Waals surface area contributed by atoms with Gasteiger partial charge in [-0.2, -0.15) is 0 Å². The molecular formula is C42H33N5. The number of hydrogen-bond acceptors (Lipinski definition) is 4. The Labute approximate surface area is 274 Å². The van der Waals surface area contributed by atoms with Crippen molar-refractivity contribution in [2.45, 2.75) is 26.2 Å². The highest BCUT2D eigenvalue weighted by Gasteiger charge is 2.21. The van der Waals surface area contributed by atoms with Crippen molar-refractivity contribution < 1.29 is 0 Å². The van der Waals surface area contributed by atoms with Crippen molar-refractivity contribution >= 4 is 21.8 Å². The topological polar surface area (TPSA) is 56.5 Å². The van der Waals surface area contributed by atoms with E-state index in [1.54, 1.807) is 0 Å². The van der Waals surface area contributed by atoms with Gasteiger partial charge < -0.3 is 4.57 Å². The molecule has 0 saturated carbocycles. The van der Waals surface area contributed by atoms with E-state index in [1.165, 1.54) is 16.3 Å². The summed E-state index contributed by atoms with van der Waals surface area (Å²) < 4.78 is 2.36. The second-order valence-corrected chi connectivity index (χ2v) is 12.8. The zero-order chi connectivity index (χ0) is 32.0. The van der Waals surface area contributed by atoms with E-state index in [4.69, 9.17) is 19.9 Å². The Morgan fingerprint density at radius 2 is 1.09 bits per heavy atom. The molecule has 0 saturated heterocycles. The highest BCUT2D eigenvalue weighted by atomic mass is 15.0. The van der Waals surface area contributed by atoms with E-state index in [0.29, 0.717) is 17.5 Å². The minimum Gasteiger partial charge on any atom is -0.309 e. The maximum Gasteiger partial charge on any atom is 0.164 e. The number of para-hydroxylation sites is 1. The van der Waals surface area contributed by atoms with Crippen LogP contribution in [0, 0.1) is 0 Å². The van der Waals surface area contributed by atoms with Crippen molar-refractivity contribution in [1.29, 1.82) is 0 Å². The van der Waals surface area contributed by atoms with Crippen molar-refractivity contribution in [2.75, 3.05) is 0 Å². The molecule has 3 aromatic heterocycles. The van der Waals surface area contributed by atoms with Gasteiger partial charge in [-0.25, -0.2) is 15.0 Å². The van der Waals surface area contributed by atoms with Gasteiger partial charge in [0.05, 0.1) is 22.4 Å². The fraction of sp³-hybridized carbons (Fsp3) is 0.0952. The molecule has 47 heavy (non-hydrogen) atoms. The van der Waals surface area contributed by atoms with E-state index in [0.717, 1.165) is 44.7 Å². The minimum atomic E-state index is 0.0298. The fourth-order valence-electron chi connectivity index (χ4n) is 6.23. The molecule has 0 radical (unpaired) electrons. The molecule has 0 atom stereocenters. The summed E-state index contributed by atoms with van der Waals surface area (Å²) in [4.78, 5) is 19.8. The van der Waals surface area contributed by atoms with Crippen molar-refractivity contribution in [3.05, 3.63) is 151 Å². The van der Waals surface area contributed by atoms with Gasteiger partial charge in [0, 0.05) is 39.2 Å². The summed E-state index contributed by atoms with van der Waals surface area (Å²) in [6.45, 7) is 6.79. The van der Waals surface area contributed by atoms with Crippen LogP contribution in [0.2, 0.25) is 0 Å². The molecule has 226 valence electrons. The zero-order valence-electron chi connectivity index (χ0n) is 26.6. The second kappa shape index (κ2) is 11.5. The first kappa shape index (κ1) is 28.5. The van der Waals surface area contributed by atoms with Crippen LogP contribution in [0.4, 0.5) is 0 Å². The Hall–Kier alpha value is -5.94. The molecular weight excluding hydrogens is 574 g/mol. The number of fused-ring (bicyclic) bond motifs is 3. The first-order chi connectivity index (χ1) is 22.9. The molecule has 5 aromatic carbocycles. The van der Waals surface area contributed by atoms with Crippen molar-refractivity contribution in [3.8, 4) is 51.1 Å². The molecule has 0 amide bonds. The average Bonchev–Trinajstić information content (AvgIpc) is 3.45. The summed E-state index contributed by atoms with van der Waals surface area (Å²) in [5.74, 6) is 1.88. The predicted molar refractivity (Wildman–Crippen MR) is 192 cm³/mol. The molecule has 5 heteroatoms. The van der Waals surface area contributed by atoms with E-state index < -0.39 is 0 Å². The van der Waals surface area contributed by atoms with Gasteiger partial charge in [0.1, 0.15) is 0 Å². The van der Waals surface area contributed by atoms with Gasteiger partial charge >= 0.3 is 0 Å². The van der Waals surface area contributed by atoms with Crippen LogP contribution >= 0.6 is 0 Å². The molecule has 0 fully saturated rings. The largest absolute Gasteiger partial charge is 0.309 e. The van der Waals surface area contributed by atoms with Crippen LogP contribution < -0.4 is 0 Å². The molecule has 3 heterocycles. The van der Waals surface area contributed by atoms with Gasteiger partial charge in [-0.3, -0.25) is 4.98 Å². The van der Waals surface area contributed by atoms with E-state index in [2.05, 4.69) is 92.1 Å². The average molecular weight is 608 g/mol. The van der Waals surface area contributed by atoms with Crippen LogP contribution in [0.3, 0.4) is 0 Å². The molecule has 0 aliphatic carbocycles. The summed E-state index contributed by atoms with van der Waals surface area (Å²) in [7, 11) is 0. The summed E-state index contributed by atoms with van der Waals surface area (Å²) >= 11 is 0. The molecule has 0 aliphatic rings. The molecule has 0 unspecified atom stereocenters. The molecule has 0 N–H and O–H groups in total. The van der Waals surface area contributed by atoms with Gasteiger partial charge in [-0.05, 0) is 53.4 Å². The predicted octanol–water partition coefficient (Wildman–Crippen LogP) is 10.3. The SMILES string of the molecule is CC(C)(C)c1ccc2c(c1)c1ccccc1n2-c1cc(-c2nc(-c3ccccc3)nc(-c3ccccc3)n2)ccc1-c1ccccn1. The van der Waals surface area contributed by atoms with Crippen molar-refractivity contribution in [2.24, 2.45) is 0 Å². The van der Waals surface area contributed by atoms with Gasteiger partial charge in [0.25, 0.3) is 0 Å². The number of aromatic nitrogens is 5. The first-order valence-electron chi connectivity index (χ1n) is 15.9. The molecule has 0 spiro atoms. The Balaban J connectivity index is 1.41. The Bertz CT molecular complexity index is 2310. The number of nitrogens with zero attached hydrogens (tertiary/aromatic N) is 5. The highest BCUT2D eigenvalue weighted by Crippen LogP contribution is 2.39. The highest BCUT2D eigenvalue weighted by molar-refractivity contribution is 6.10. The Morgan fingerprint density at radius 1 is 0.489 bits per heavy atom. The van der Waals surface area contributed by atoms with Crippen LogP contribution in [-0.2, 0) is 5.41 Å². The Morgan fingerprint density at radius 3 is 1.72 bits per heavy atom. The van der Waals surface area contributed by atoms with Crippen molar-refractivity contribution in [3.63, 3.8) is 0 Å². The van der Waals surface area contributed by atoms with E-state index in [9.17, 15) is 0 Å². The number of pyridine rings is 1. The first-order valence-corrected chi connectivity index (χ1v) is 15.9. The standard InChI is InChI=1S/C42H33N5/c1-42(2,3)31-22-24-37-34(27-31)32-18-10-11-20-36(32)47(37)38-26-30(21-23-33(38)35-19-12-13-25-43-35)41-45-39(28-14-6-4-7-15-28)44-40(46-41)29-16-8-5-9-17-29/h4-27H,1-3H3. The lowest BCUT2D eigenvalue weighted by molar-refractivity contribution is 0.591. The number of hydrogen-bond donors (Lipinski definition) is 0. The van der Waals surface area contributed by atoms with E-state index in [1.807, 2.05) is 79.0 Å². The second-order valence-electron chi connectivity index (χ2n) is 12.8. The van der Waals surface area contributed by atoms with Crippen LogP contribution in [-0.4, -0.2) is 24.5 Å².